The Kier molecular flexibility index (Phi) is 10.6. The molecule has 0 aliphatic heterocycles. The van der Waals surface area contributed by atoms with Gasteiger partial charge in [-0.2, -0.15) is 4.68 Å². The Balaban J connectivity index is 1.38. The number of carbonyl (C=O) groups is 3. The van der Waals surface area contributed by atoms with Gasteiger partial charge in [-0.25, -0.2) is 4.79 Å². The number of nitrogens with zero attached hydrogens (tertiary/aromatic N) is 4. The largest absolute Gasteiger partial charge is 0.481 e. The first kappa shape index (κ1) is 29.7. The van der Waals surface area contributed by atoms with Gasteiger partial charge in [-0.05, 0) is 71.0 Å². The molecule has 4 rings (SSSR count). The molecule has 12 nitrogen and oxygen atoms in total. The molecule has 42 heavy (non-hydrogen) atoms. The normalized spacial score (nSPS) is 11.5. The van der Waals surface area contributed by atoms with E-state index in [9.17, 15) is 14.4 Å². The lowest BCUT2D eigenvalue weighted by Gasteiger charge is -2.20. The van der Waals surface area contributed by atoms with Crippen molar-refractivity contribution in [1.82, 2.24) is 25.5 Å². The van der Waals surface area contributed by atoms with Crippen molar-refractivity contribution in [2.24, 2.45) is 0 Å². The minimum Gasteiger partial charge on any atom is -0.481 e. The molecule has 0 fully saturated rings. The Hall–Kier alpha value is -5.23. The van der Waals surface area contributed by atoms with Crippen molar-refractivity contribution in [2.45, 2.75) is 18.9 Å². The number of carboxylic acids is 1. The molecule has 4 aromatic rings. The van der Waals surface area contributed by atoms with Gasteiger partial charge in [0.15, 0.2) is 0 Å². The maximum Gasteiger partial charge on any atom is 0.411 e. The second kappa shape index (κ2) is 15.0. The molecule has 1 heterocycles. The van der Waals surface area contributed by atoms with Crippen LogP contribution >= 0.6 is 11.6 Å². The molecule has 4 N–H and O–H groups in total. The second-order valence-electron chi connectivity index (χ2n) is 9.05. The van der Waals surface area contributed by atoms with Gasteiger partial charge in [0.05, 0.1) is 18.2 Å². The number of tetrazole rings is 1. The van der Waals surface area contributed by atoms with Crippen LogP contribution in [0.2, 0.25) is 5.02 Å². The number of benzene rings is 3. The summed E-state index contributed by atoms with van der Waals surface area (Å²) in [5, 5.41) is 29.3. The highest BCUT2D eigenvalue weighted by Gasteiger charge is 2.13. The van der Waals surface area contributed by atoms with E-state index in [0.29, 0.717) is 34.9 Å². The smallest absolute Gasteiger partial charge is 0.411 e. The summed E-state index contributed by atoms with van der Waals surface area (Å²) in [6, 6.07) is 21.7. The van der Waals surface area contributed by atoms with Crippen LogP contribution in [0, 0.1) is 0 Å². The molecular weight excluding hydrogens is 562 g/mol. The van der Waals surface area contributed by atoms with Crippen LogP contribution in [0.15, 0.2) is 85.2 Å². The molecular formula is C29H28ClN7O5. The average molecular weight is 590 g/mol. The molecule has 0 radical (unpaired) electrons. The van der Waals surface area contributed by atoms with E-state index < -0.39 is 12.1 Å². The first-order valence-electron chi connectivity index (χ1n) is 12.9. The quantitative estimate of drug-likeness (QED) is 0.168. The molecule has 0 saturated heterocycles. The zero-order valence-electron chi connectivity index (χ0n) is 22.3. The lowest BCUT2D eigenvalue weighted by Crippen LogP contribution is -2.40. The van der Waals surface area contributed by atoms with Crippen molar-refractivity contribution in [2.75, 3.05) is 23.8 Å². The van der Waals surface area contributed by atoms with E-state index in [1.165, 1.54) is 17.1 Å². The lowest BCUT2D eigenvalue weighted by molar-refractivity contribution is -0.137. The SMILES string of the molecule is O=C(O)CCOC(=O)Nc1ccc(NCC(Cc2ccccc2)NC(=O)C=Cc2cc(Cl)ccc2-n2cnnn2)cc1. The highest BCUT2D eigenvalue weighted by Crippen LogP contribution is 2.20. The third-order valence-electron chi connectivity index (χ3n) is 5.90. The van der Waals surface area contributed by atoms with Gasteiger partial charge in [-0.1, -0.05) is 41.9 Å². The van der Waals surface area contributed by atoms with Crippen molar-refractivity contribution in [3.63, 3.8) is 0 Å². The number of hydrogen-bond donors (Lipinski definition) is 4. The van der Waals surface area contributed by atoms with Crippen LogP contribution < -0.4 is 16.0 Å². The highest BCUT2D eigenvalue weighted by atomic mass is 35.5. The van der Waals surface area contributed by atoms with E-state index in [4.69, 9.17) is 21.4 Å². The fourth-order valence-electron chi connectivity index (χ4n) is 3.92. The zero-order chi connectivity index (χ0) is 29.7. The predicted octanol–water partition coefficient (Wildman–Crippen LogP) is 4.19. The molecule has 0 saturated carbocycles. The van der Waals surface area contributed by atoms with Crippen molar-refractivity contribution in [3.05, 3.63) is 101 Å². The second-order valence-corrected chi connectivity index (χ2v) is 9.49. The Bertz CT molecular complexity index is 1510. The number of ether oxygens (including phenoxy) is 1. The Morgan fingerprint density at radius 2 is 1.79 bits per heavy atom. The number of anilines is 2. The Morgan fingerprint density at radius 3 is 2.50 bits per heavy atom. The van der Waals surface area contributed by atoms with Gasteiger partial charge < -0.3 is 20.5 Å². The number of nitrogens with one attached hydrogen (secondary N) is 3. The summed E-state index contributed by atoms with van der Waals surface area (Å²) in [6.07, 6.45) is 4.13. The maximum atomic E-state index is 13.0. The van der Waals surface area contributed by atoms with Crippen LogP contribution in [0.25, 0.3) is 11.8 Å². The molecule has 3 aromatic carbocycles. The summed E-state index contributed by atoms with van der Waals surface area (Å²) in [7, 11) is 0. The summed E-state index contributed by atoms with van der Waals surface area (Å²) in [6.45, 7) is 0.204. The van der Waals surface area contributed by atoms with Gasteiger partial charge >= 0.3 is 12.1 Å². The van der Waals surface area contributed by atoms with Gasteiger partial charge in [-0.15, -0.1) is 5.10 Å². The molecule has 0 aliphatic rings. The van der Waals surface area contributed by atoms with Gasteiger partial charge in [-0.3, -0.25) is 14.9 Å². The average Bonchev–Trinajstić information content (AvgIpc) is 3.51. The number of aromatic nitrogens is 4. The summed E-state index contributed by atoms with van der Waals surface area (Å²) >= 11 is 6.18. The third kappa shape index (κ3) is 9.45. The molecule has 1 unspecified atom stereocenters. The molecule has 1 atom stereocenters. The number of carbonyl (C=O) groups excluding carboxylic acids is 2. The van der Waals surface area contributed by atoms with Crippen LogP contribution in [0.1, 0.15) is 17.5 Å². The molecule has 216 valence electrons. The fraction of sp³-hybridized carbons (Fsp3) is 0.172. The molecule has 2 amide bonds. The van der Waals surface area contributed by atoms with Crippen molar-refractivity contribution in [3.8, 4) is 5.69 Å². The predicted molar refractivity (Wildman–Crippen MR) is 157 cm³/mol. The number of rotatable bonds is 13. The van der Waals surface area contributed by atoms with Crippen molar-refractivity contribution >= 4 is 47.0 Å². The van der Waals surface area contributed by atoms with Crippen LogP contribution in [0.3, 0.4) is 0 Å². The first-order valence-corrected chi connectivity index (χ1v) is 13.3. The fourth-order valence-corrected chi connectivity index (χ4v) is 4.10. The van der Waals surface area contributed by atoms with Gasteiger partial charge in [0, 0.05) is 34.6 Å². The van der Waals surface area contributed by atoms with E-state index in [1.54, 1.807) is 48.5 Å². The summed E-state index contributed by atoms with van der Waals surface area (Å²) in [4.78, 5) is 35.3. The minimum absolute atomic E-state index is 0.218. The Morgan fingerprint density at radius 1 is 1.02 bits per heavy atom. The zero-order valence-corrected chi connectivity index (χ0v) is 23.1. The van der Waals surface area contributed by atoms with Crippen LogP contribution in [0.5, 0.6) is 0 Å². The summed E-state index contributed by atoms with van der Waals surface area (Å²) in [5.41, 5.74) is 3.66. The van der Waals surface area contributed by atoms with Crippen LogP contribution in [-0.2, 0) is 20.7 Å². The third-order valence-corrected chi connectivity index (χ3v) is 6.14. The number of aliphatic carboxylic acids is 1. The van der Waals surface area contributed by atoms with E-state index in [1.807, 2.05) is 30.3 Å². The number of hydrogen-bond acceptors (Lipinski definition) is 8. The molecule has 13 heteroatoms. The lowest BCUT2D eigenvalue weighted by atomic mass is 10.1. The van der Waals surface area contributed by atoms with Crippen LogP contribution in [-0.4, -0.2) is 62.5 Å². The summed E-state index contributed by atoms with van der Waals surface area (Å²) in [5.74, 6) is -1.34. The van der Waals surface area contributed by atoms with Gasteiger partial charge in [0.2, 0.25) is 5.91 Å². The maximum absolute atomic E-state index is 13.0. The van der Waals surface area contributed by atoms with Crippen molar-refractivity contribution in [1.29, 1.82) is 0 Å². The highest BCUT2D eigenvalue weighted by molar-refractivity contribution is 6.30. The van der Waals surface area contributed by atoms with Crippen LogP contribution in [0.4, 0.5) is 16.2 Å². The minimum atomic E-state index is -1.05. The van der Waals surface area contributed by atoms with E-state index in [-0.39, 0.29) is 25.0 Å². The van der Waals surface area contributed by atoms with Crippen molar-refractivity contribution < 1.29 is 24.2 Å². The van der Waals surface area contributed by atoms with E-state index in [2.05, 4.69) is 31.5 Å². The standard InChI is InChI=1S/C29H28ClN7O5/c30-22-7-12-26(37-19-32-35-36-37)21(17-22)6-13-27(38)33-25(16-20-4-2-1-3-5-20)18-31-23-8-10-24(11-9-23)34-29(41)42-15-14-28(39)40/h1-13,17,19,25,31H,14-16,18H2,(H,33,38)(H,34,41)(H,39,40). The van der Waals surface area contributed by atoms with E-state index in [0.717, 1.165) is 11.3 Å². The molecule has 0 bridgehead atoms. The molecule has 0 aliphatic carbocycles. The number of halogens is 1. The monoisotopic (exact) mass is 589 g/mol. The topological polar surface area (TPSA) is 160 Å². The number of amides is 2. The summed E-state index contributed by atoms with van der Waals surface area (Å²) < 4.78 is 6.32. The molecule has 1 aromatic heterocycles. The first-order chi connectivity index (χ1) is 20.4. The number of carboxylic acid groups (broad SMARTS) is 1. The molecule has 0 spiro atoms. The van der Waals surface area contributed by atoms with Gasteiger partial charge in [0.25, 0.3) is 0 Å². The van der Waals surface area contributed by atoms with Gasteiger partial charge in [0.1, 0.15) is 12.9 Å². The van der Waals surface area contributed by atoms with E-state index >= 15 is 0 Å². The Labute approximate surface area is 246 Å².